The molecule has 3 aromatic carbocycles. The first-order valence-electron chi connectivity index (χ1n) is 12.5. The van der Waals surface area contributed by atoms with Gasteiger partial charge in [-0.1, -0.05) is 45.0 Å². The van der Waals surface area contributed by atoms with Crippen LogP contribution in [0, 0.1) is 0 Å². The Bertz CT molecular complexity index is 1650. The van der Waals surface area contributed by atoms with Gasteiger partial charge in [0.2, 0.25) is 10.0 Å². The zero-order valence-corrected chi connectivity index (χ0v) is 22.5. The van der Waals surface area contributed by atoms with Crippen molar-refractivity contribution in [1.82, 2.24) is 18.8 Å². The van der Waals surface area contributed by atoms with E-state index in [0.717, 1.165) is 5.56 Å². The number of sulfonamides is 1. The zero-order valence-electron chi connectivity index (χ0n) is 21.7. The van der Waals surface area contributed by atoms with Gasteiger partial charge in [-0.2, -0.15) is 4.31 Å². The fourth-order valence-electron chi connectivity index (χ4n) is 4.61. The predicted molar refractivity (Wildman–Crippen MR) is 147 cm³/mol. The van der Waals surface area contributed by atoms with E-state index in [2.05, 4.69) is 25.8 Å². The van der Waals surface area contributed by atoms with E-state index < -0.39 is 10.0 Å². The van der Waals surface area contributed by atoms with Crippen LogP contribution in [0.2, 0.25) is 0 Å². The lowest BCUT2D eigenvalue weighted by atomic mass is 9.87. The highest BCUT2D eigenvalue weighted by Crippen LogP contribution is 2.25. The summed E-state index contributed by atoms with van der Waals surface area (Å²) in [6.45, 7) is 7.31. The fourth-order valence-corrected chi connectivity index (χ4v) is 6.03. The van der Waals surface area contributed by atoms with Crippen LogP contribution in [0.5, 0.6) is 0 Å². The molecular weight excluding hydrogens is 500 g/mol. The highest BCUT2D eigenvalue weighted by atomic mass is 32.2. The third kappa shape index (κ3) is 4.87. The third-order valence-corrected chi connectivity index (χ3v) is 8.85. The maximum atomic E-state index is 13.2. The maximum absolute atomic E-state index is 13.2. The largest absolute Gasteiger partial charge is 0.336 e. The lowest BCUT2D eigenvalue weighted by molar-refractivity contribution is 0.0698. The molecule has 8 nitrogen and oxygen atoms in total. The highest BCUT2D eigenvalue weighted by molar-refractivity contribution is 7.89. The van der Waals surface area contributed by atoms with Gasteiger partial charge in [-0.05, 0) is 59.5 Å². The van der Waals surface area contributed by atoms with Gasteiger partial charge in [-0.3, -0.25) is 14.2 Å². The number of fused-ring (bicyclic) bond motifs is 1. The number of rotatable bonds is 4. The number of para-hydroxylation sites is 1. The molecule has 1 amide bonds. The molecule has 1 aromatic heterocycles. The Balaban J connectivity index is 1.26. The SMILES string of the molecule is CC(C)(C)c1ccc(S(=O)(=O)N2CCN(C(=O)c3ccc(-n4cnc5ccccc5c4=O)cc3)CC2)cc1. The van der Waals surface area contributed by atoms with Crippen molar-refractivity contribution in [2.24, 2.45) is 0 Å². The van der Waals surface area contributed by atoms with E-state index in [4.69, 9.17) is 0 Å². The van der Waals surface area contributed by atoms with Gasteiger partial charge in [0.05, 0.1) is 21.5 Å². The number of nitrogens with zero attached hydrogens (tertiary/aromatic N) is 4. The van der Waals surface area contributed by atoms with Crippen LogP contribution in [0.4, 0.5) is 0 Å². The van der Waals surface area contributed by atoms with Crippen LogP contribution in [0.1, 0.15) is 36.7 Å². The second-order valence-corrected chi connectivity index (χ2v) is 12.4. The van der Waals surface area contributed by atoms with Crippen LogP contribution >= 0.6 is 0 Å². The second kappa shape index (κ2) is 9.81. The van der Waals surface area contributed by atoms with E-state index in [1.165, 1.54) is 15.2 Å². The van der Waals surface area contributed by atoms with Gasteiger partial charge in [0.15, 0.2) is 0 Å². The minimum atomic E-state index is -3.64. The molecule has 1 fully saturated rings. The molecule has 1 saturated heterocycles. The summed E-state index contributed by atoms with van der Waals surface area (Å²) in [6.07, 6.45) is 1.48. The quantitative estimate of drug-likeness (QED) is 0.400. The van der Waals surface area contributed by atoms with Crippen LogP contribution in [-0.4, -0.2) is 59.3 Å². The minimum absolute atomic E-state index is 0.0607. The first kappa shape index (κ1) is 25.8. The van der Waals surface area contributed by atoms with Crippen molar-refractivity contribution in [1.29, 1.82) is 0 Å². The second-order valence-electron chi connectivity index (χ2n) is 10.5. The van der Waals surface area contributed by atoms with Crippen molar-refractivity contribution in [3.05, 3.63) is 101 Å². The molecule has 0 radical (unpaired) electrons. The Hall–Kier alpha value is -3.82. The number of hydrogen-bond acceptors (Lipinski definition) is 5. The summed E-state index contributed by atoms with van der Waals surface area (Å²) < 4.78 is 29.2. The van der Waals surface area contributed by atoms with Gasteiger partial charge in [0.25, 0.3) is 11.5 Å². The molecule has 0 aliphatic carbocycles. The first-order chi connectivity index (χ1) is 18.1. The number of carbonyl (C=O) groups excluding carboxylic acids is 1. The van der Waals surface area contributed by atoms with E-state index >= 15 is 0 Å². The summed E-state index contributed by atoms with van der Waals surface area (Å²) in [5, 5.41) is 0.521. The Morgan fingerprint density at radius 3 is 2.11 bits per heavy atom. The summed E-state index contributed by atoms with van der Waals surface area (Å²) in [4.78, 5) is 32.3. The zero-order chi connectivity index (χ0) is 27.1. The monoisotopic (exact) mass is 530 g/mol. The number of hydrogen-bond donors (Lipinski definition) is 0. The number of benzene rings is 3. The Morgan fingerprint density at radius 2 is 1.47 bits per heavy atom. The average molecular weight is 531 g/mol. The lowest BCUT2D eigenvalue weighted by Gasteiger charge is -2.34. The van der Waals surface area contributed by atoms with E-state index in [-0.39, 0.29) is 34.9 Å². The Morgan fingerprint density at radius 1 is 0.842 bits per heavy atom. The molecule has 0 N–H and O–H groups in total. The molecule has 0 atom stereocenters. The van der Waals surface area contributed by atoms with E-state index in [1.54, 1.807) is 59.5 Å². The summed E-state index contributed by atoms with van der Waals surface area (Å²) in [7, 11) is -3.64. The molecule has 0 saturated carbocycles. The number of carbonyl (C=O) groups is 1. The molecule has 9 heteroatoms. The summed E-state index contributed by atoms with van der Waals surface area (Å²) >= 11 is 0. The Kier molecular flexibility index (Phi) is 6.66. The smallest absolute Gasteiger partial charge is 0.265 e. The van der Waals surface area contributed by atoms with Crippen LogP contribution in [0.15, 0.2) is 88.8 Å². The van der Waals surface area contributed by atoms with E-state index in [0.29, 0.717) is 35.2 Å². The highest BCUT2D eigenvalue weighted by Gasteiger charge is 2.30. The number of piperazine rings is 1. The van der Waals surface area contributed by atoms with E-state index in [9.17, 15) is 18.0 Å². The minimum Gasteiger partial charge on any atom is -0.336 e. The summed E-state index contributed by atoms with van der Waals surface area (Å²) in [5.41, 5.74) is 2.54. The van der Waals surface area contributed by atoms with Crippen LogP contribution in [0.3, 0.4) is 0 Å². The third-order valence-electron chi connectivity index (χ3n) is 6.94. The molecule has 5 rings (SSSR count). The van der Waals surface area contributed by atoms with Crippen molar-refractivity contribution in [2.45, 2.75) is 31.1 Å². The predicted octanol–water partition coefficient (Wildman–Crippen LogP) is 3.83. The first-order valence-corrected chi connectivity index (χ1v) is 14.0. The molecule has 2 heterocycles. The van der Waals surface area contributed by atoms with Gasteiger partial charge >= 0.3 is 0 Å². The lowest BCUT2D eigenvalue weighted by Crippen LogP contribution is -2.50. The standard InChI is InChI=1S/C29H30N4O4S/c1-29(2,3)22-10-14-24(15-11-22)38(36,37)32-18-16-31(17-19-32)27(34)21-8-12-23(13-9-21)33-20-30-26-7-5-4-6-25(26)28(33)35/h4-15,20H,16-19H2,1-3H3. The maximum Gasteiger partial charge on any atom is 0.265 e. The van der Waals surface area contributed by atoms with Crippen molar-refractivity contribution >= 4 is 26.8 Å². The van der Waals surface area contributed by atoms with Crippen molar-refractivity contribution in [2.75, 3.05) is 26.2 Å². The average Bonchev–Trinajstić information content (AvgIpc) is 2.93. The van der Waals surface area contributed by atoms with Crippen LogP contribution in [-0.2, 0) is 15.4 Å². The van der Waals surface area contributed by atoms with E-state index in [1.807, 2.05) is 18.2 Å². The van der Waals surface area contributed by atoms with Gasteiger partial charge in [0.1, 0.15) is 6.33 Å². The van der Waals surface area contributed by atoms with Gasteiger partial charge < -0.3 is 4.90 Å². The summed E-state index contributed by atoms with van der Waals surface area (Å²) in [5.74, 6) is -0.174. The molecular formula is C29H30N4O4S. The number of amides is 1. The molecule has 0 bridgehead atoms. The number of aromatic nitrogens is 2. The molecule has 38 heavy (non-hydrogen) atoms. The molecule has 0 spiro atoms. The topological polar surface area (TPSA) is 92.6 Å². The normalized spacial score (nSPS) is 15.1. The molecule has 1 aliphatic heterocycles. The Labute approximate surface area is 222 Å². The molecule has 0 unspecified atom stereocenters. The van der Waals surface area contributed by atoms with Gasteiger partial charge in [-0.25, -0.2) is 13.4 Å². The fraction of sp³-hybridized carbons (Fsp3) is 0.276. The van der Waals surface area contributed by atoms with Crippen molar-refractivity contribution in [3.8, 4) is 5.69 Å². The van der Waals surface area contributed by atoms with Gasteiger partial charge in [-0.15, -0.1) is 0 Å². The van der Waals surface area contributed by atoms with Gasteiger partial charge in [0, 0.05) is 31.7 Å². The van der Waals surface area contributed by atoms with Crippen LogP contribution in [0.25, 0.3) is 16.6 Å². The van der Waals surface area contributed by atoms with Crippen LogP contribution < -0.4 is 5.56 Å². The van der Waals surface area contributed by atoms with Crippen molar-refractivity contribution < 1.29 is 13.2 Å². The van der Waals surface area contributed by atoms with Crippen molar-refractivity contribution in [3.63, 3.8) is 0 Å². The molecule has 1 aliphatic rings. The molecule has 196 valence electrons. The summed E-state index contributed by atoms with van der Waals surface area (Å²) in [6, 6.07) is 21.0. The molecule has 4 aromatic rings.